The van der Waals surface area contributed by atoms with Crippen molar-refractivity contribution in [1.82, 2.24) is 0 Å². The lowest BCUT2D eigenvalue weighted by atomic mass is 9.99. The molecule has 0 saturated carbocycles. The van der Waals surface area contributed by atoms with Gasteiger partial charge >= 0.3 is 0 Å². The lowest BCUT2D eigenvalue weighted by Gasteiger charge is -2.25. The van der Waals surface area contributed by atoms with Gasteiger partial charge in [0.05, 0.1) is 22.4 Å². The molecule has 2 saturated heterocycles. The first-order chi connectivity index (χ1) is 11.1. The van der Waals surface area contributed by atoms with Crippen LogP contribution in [0, 0.1) is 6.92 Å². The first-order valence-electron chi connectivity index (χ1n) is 7.79. The number of ether oxygens (including phenoxy) is 2. The van der Waals surface area contributed by atoms with Crippen LogP contribution in [0.4, 0.5) is 0 Å². The number of aliphatic hydroxyl groups excluding tert-OH is 1. The van der Waals surface area contributed by atoms with Crippen molar-refractivity contribution in [2.75, 3.05) is 5.75 Å². The molecule has 0 unspecified atom stereocenters. The zero-order chi connectivity index (χ0) is 17.7. The summed E-state index contributed by atoms with van der Waals surface area (Å²) in [5.41, 5.74) is 1.27. The van der Waals surface area contributed by atoms with Crippen LogP contribution in [0.15, 0.2) is 23.1 Å². The normalized spacial score (nSPS) is 30.3. The van der Waals surface area contributed by atoms with Gasteiger partial charge in [-0.25, -0.2) is 0 Å². The molecule has 2 N–H and O–H groups in total. The van der Waals surface area contributed by atoms with Gasteiger partial charge in [0.1, 0.15) is 6.10 Å². The molecule has 3 rings (SSSR count). The summed E-state index contributed by atoms with van der Waals surface area (Å²) in [4.78, 5) is -0.157. The second kappa shape index (κ2) is 6.26. The Bertz CT molecular complexity index is 730. The molecule has 4 atom stereocenters. The maximum Gasteiger partial charge on any atom is 0.294 e. The molecule has 0 aliphatic carbocycles. The Morgan fingerprint density at radius 3 is 2.75 bits per heavy atom. The maximum absolute atomic E-state index is 11.6. The molecule has 0 amide bonds. The van der Waals surface area contributed by atoms with E-state index in [4.69, 9.17) is 9.47 Å². The summed E-state index contributed by atoms with van der Waals surface area (Å²) in [7, 11) is -4.33. The van der Waals surface area contributed by atoms with Crippen LogP contribution in [-0.2, 0) is 26.0 Å². The van der Waals surface area contributed by atoms with E-state index in [0.717, 1.165) is 11.3 Å². The fourth-order valence-corrected chi connectivity index (χ4v) is 5.48. The second-order valence-corrected chi connectivity index (χ2v) is 9.40. The summed E-state index contributed by atoms with van der Waals surface area (Å²) in [5, 5.41) is 10.5. The van der Waals surface area contributed by atoms with Crippen molar-refractivity contribution in [3.05, 3.63) is 29.3 Å². The molecule has 0 spiro atoms. The average Bonchev–Trinajstić information content (AvgIpc) is 2.91. The number of aryl methyl sites for hydroxylation is 1. The van der Waals surface area contributed by atoms with E-state index < -0.39 is 22.0 Å². The predicted molar refractivity (Wildman–Crippen MR) is 90.8 cm³/mol. The summed E-state index contributed by atoms with van der Waals surface area (Å²) in [6, 6.07) is 4.67. The van der Waals surface area contributed by atoms with Gasteiger partial charge in [-0.05, 0) is 32.4 Å². The molecule has 6 nitrogen and oxygen atoms in total. The van der Waals surface area contributed by atoms with Gasteiger partial charge in [0.15, 0.2) is 5.79 Å². The quantitative estimate of drug-likeness (QED) is 0.776. The summed E-state index contributed by atoms with van der Waals surface area (Å²) in [6.45, 7) is 5.52. The third-order valence-corrected chi connectivity index (χ3v) is 6.74. The Hall–Kier alpha value is -0.640. The molecule has 1 aromatic rings. The molecule has 2 fully saturated rings. The summed E-state index contributed by atoms with van der Waals surface area (Å²) in [6.07, 6.45) is -0.964. The van der Waals surface area contributed by atoms with Gasteiger partial charge in [-0.2, -0.15) is 20.2 Å². The standard InChI is InChI=1S/C16H22O6S2/c1-9-4-5-13(24(18,19)20)10(6-9)7-11(17)15-14-12(8-23-15)21-16(2,3)22-14/h4-6,11-12,14-15,17H,7-8H2,1-3H3,(H,18,19,20)/t11-,12+,14+,15-/m0/s1. The van der Waals surface area contributed by atoms with Gasteiger partial charge in [-0.15, -0.1) is 0 Å². The lowest BCUT2D eigenvalue weighted by Crippen LogP contribution is -2.37. The minimum Gasteiger partial charge on any atom is -0.392 e. The largest absolute Gasteiger partial charge is 0.392 e. The molecule has 24 heavy (non-hydrogen) atoms. The molecule has 0 bridgehead atoms. The van der Waals surface area contributed by atoms with Crippen LogP contribution < -0.4 is 0 Å². The van der Waals surface area contributed by atoms with Crippen LogP contribution in [0.2, 0.25) is 0 Å². The SMILES string of the molecule is Cc1ccc(S(=O)(=O)O)c(C[C@H](O)[C@@H]2SC[C@H]3OC(C)(C)O[C@@H]23)c1. The average molecular weight is 374 g/mol. The van der Waals surface area contributed by atoms with Crippen LogP contribution in [0.5, 0.6) is 0 Å². The number of rotatable bonds is 4. The van der Waals surface area contributed by atoms with Gasteiger partial charge in [-0.1, -0.05) is 17.7 Å². The molecule has 0 radical (unpaired) electrons. The highest BCUT2D eigenvalue weighted by atomic mass is 32.2. The van der Waals surface area contributed by atoms with Crippen LogP contribution in [0.3, 0.4) is 0 Å². The zero-order valence-corrected chi connectivity index (χ0v) is 15.4. The van der Waals surface area contributed by atoms with Crippen LogP contribution in [0.1, 0.15) is 25.0 Å². The number of benzene rings is 1. The van der Waals surface area contributed by atoms with E-state index in [1.807, 2.05) is 20.8 Å². The third-order valence-electron chi connectivity index (χ3n) is 4.30. The predicted octanol–water partition coefficient (Wildman–Crippen LogP) is 1.78. The highest BCUT2D eigenvalue weighted by molar-refractivity contribution is 8.00. The third kappa shape index (κ3) is 3.63. The van der Waals surface area contributed by atoms with Gasteiger partial charge in [-0.3, -0.25) is 4.55 Å². The van der Waals surface area contributed by atoms with Crippen LogP contribution >= 0.6 is 11.8 Å². The Morgan fingerprint density at radius 1 is 1.38 bits per heavy atom. The first-order valence-corrected chi connectivity index (χ1v) is 10.3. The van der Waals surface area contributed by atoms with Crippen molar-refractivity contribution in [3.8, 4) is 0 Å². The monoisotopic (exact) mass is 374 g/mol. The Labute approximate surface area is 146 Å². The van der Waals surface area contributed by atoms with Gasteiger partial charge < -0.3 is 14.6 Å². The molecule has 0 aromatic heterocycles. The fourth-order valence-electron chi connectivity index (χ4n) is 3.36. The summed E-state index contributed by atoms with van der Waals surface area (Å²) in [5.74, 6) is 0.0615. The van der Waals surface area contributed by atoms with Crippen molar-refractivity contribution in [1.29, 1.82) is 0 Å². The zero-order valence-electron chi connectivity index (χ0n) is 13.8. The van der Waals surface area contributed by atoms with Crippen molar-refractivity contribution >= 4 is 21.9 Å². The van der Waals surface area contributed by atoms with Crippen molar-refractivity contribution in [3.63, 3.8) is 0 Å². The minimum atomic E-state index is -4.33. The Balaban J connectivity index is 1.81. The molecule has 1 aromatic carbocycles. The van der Waals surface area contributed by atoms with Crippen molar-refractivity contribution in [2.24, 2.45) is 0 Å². The highest BCUT2D eigenvalue weighted by Crippen LogP contribution is 2.43. The summed E-state index contributed by atoms with van der Waals surface area (Å²) >= 11 is 1.57. The highest BCUT2D eigenvalue weighted by Gasteiger charge is 2.51. The smallest absolute Gasteiger partial charge is 0.294 e. The summed E-state index contributed by atoms with van der Waals surface area (Å²) < 4.78 is 44.2. The topological polar surface area (TPSA) is 93.1 Å². The number of fused-ring (bicyclic) bond motifs is 1. The Morgan fingerprint density at radius 2 is 2.08 bits per heavy atom. The van der Waals surface area contributed by atoms with Gasteiger partial charge in [0.25, 0.3) is 10.1 Å². The molecular formula is C16H22O6S2. The number of aliphatic hydroxyl groups is 1. The minimum absolute atomic E-state index is 0.0665. The molecule has 8 heteroatoms. The molecule has 2 aliphatic heterocycles. The number of thioether (sulfide) groups is 1. The van der Waals surface area contributed by atoms with Crippen molar-refractivity contribution in [2.45, 2.75) is 61.4 Å². The maximum atomic E-state index is 11.6. The second-order valence-electron chi connectivity index (χ2n) is 6.79. The Kier molecular flexibility index (Phi) is 4.74. The number of hydrogen-bond donors (Lipinski definition) is 2. The van der Waals surface area contributed by atoms with Crippen LogP contribution in [0.25, 0.3) is 0 Å². The lowest BCUT2D eigenvalue weighted by molar-refractivity contribution is -0.147. The molecule has 134 valence electrons. The first kappa shape index (κ1) is 18.2. The van der Waals surface area contributed by atoms with E-state index in [9.17, 15) is 18.1 Å². The van der Waals surface area contributed by atoms with Crippen LogP contribution in [-0.4, -0.2) is 53.2 Å². The number of hydrogen-bond acceptors (Lipinski definition) is 6. The van der Waals surface area contributed by atoms with E-state index in [2.05, 4.69) is 0 Å². The fraction of sp³-hybridized carbons (Fsp3) is 0.625. The van der Waals surface area contributed by atoms with E-state index in [-0.39, 0.29) is 28.8 Å². The van der Waals surface area contributed by atoms with Gasteiger partial charge in [0, 0.05) is 12.2 Å². The van der Waals surface area contributed by atoms with E-state index in [0.29, 0.717) is 5.56 Å². The molecule has 2 heterocycles. The molecule has 2 aliphatic rings. The van der Waals surface area contributed by atoms with E-state index >= 15 is 0 Å². The molecular weight excluding hydrogens is 352 g/mol. The van der Waals surface area contributed by atoms with E-state index in [1.54, 1.807) is 23.9 Å². The van der Waals surface area contributed by atoms with E-state index in [1.165, 1.54) is 6.07 Å². The van der Waals surface area contributed by atoms with Gasteiger partial charge in [0.2, 0.25) is 0 Å². The van der Waals surface area contributed by atoms with Crippen molar-refractivity contribution < 1.29 is 27.6 Å².